The summed E-state index contributed by atoms with van der Waals surface area (Å²) in [5.74, 6) is 0. The molecule has 5 aromatic carbocycles. The summed E-state index contributed by atoms with van der Waals surface area (Å²) in [5, 5.41) is 0. The quantitative estimate of drug-likeness (QED) is 0.244. The van der Waals surface area contributed by atoms with Gasteiger partial charge in [0.1, 0.15) is 0 Å². The number of nitrogens with zero attached hydrogens (tertiary/aromatic N) is 2. The first-order valence-electron chi connectivity index (χ1n) is 13.4. The highest BCUT2D eigenvalue weighted by Crippen LogP contribution is 2.44. The van der Waals surface area contributed by atoms with Crippen molar-refractivity contribution in [2.75, 3.05) is 9.80 Å². The SMILES string of the molecule is CCCCc1cc2c3c(c1)N(c1ccccc1)c1ccccc1B3c1ccccc1N2c1ccccc1. The molecule has 0 unspecified atom stereocenters. The van der Waals surface area contributed by atoms with E-state index in [4.69, 9.17) is 0 Å². The zero-order chi connectivity index (χ0) is 24.8. The summed E-state index contributed by atoms with van der Waals surface area (Å²) in [7, 11) is 0. The Hall–Kier alpha value is -4.24. The van der Waals surface area contributed by atoms with Crippen LogP contribution in [-0.4, -0.2) is 6.71 Å². The third kappa shape index (κ3) is 3.49. The maximum atomic E-state index is 2.48. The molecule has 7 rings (SSSR count). The van der Waals surface area contributed by atoms with Gasteiger partial charge in [-0.05, 0) is 83.3 Å². The Morgan fingerprint density at radius 1 is 0.541 bits per heavy atom. The smallest absolute Gasteiger partial charge is 0.252 e. The Morgan fingerprint density at radius 3 is 1.49 bits per heavy atom. The van der Waals surface area contributed by atoms with Gasteiger partial charge in [0.15, 0.2) is 0 Å². The highest BCUT2D eigenvalue weighted by molar-refractivity contribution is 7.00. The van der Waals surface area contributed by atoms with Crippen LogP contribution in [-0.2, 0) is 6.42 Å². The molecule has 0 amide bonds. The molecule has 0 saturated heterocycles. The van der Waals surface area contributed by atoms with Crippen LogP contribution in [0.1, 0.15) is 25.3 Å². The molecule has 0 spiro atoms. The number of hydrogen-bond acceptors (Lipinski definition) is 2. The topological polar surface area (TPSA) is 6.48 Å². The molecule has 0 fully saturated rings. The van der Waals surface area contributed by atoms with Crippen LogP contribution in [0.15, 0.2) is 121 Å². The summed E-state index contributed by atoms with van der Waals surface area (Å²) < 4.78 is 0. The third-order valence-electron chi connectivity index (χ3n) is 7.79. The van der Waals surface area contributed by atoms with Gasteiger partial charge >= 0.3 is 0 Å². The second kappa shape index (κ2) is 9.01. The van der Waals surface area contributed by atoms with Crippen molar-refractivity contribution in [1.29, 1.82) is 0 Å². The maximum Gasteiger partial charge on any atom is 0.252 e. The molecule has 3 heteroatoms. The van der Waals surface area contributed by atoms with E-state index in [1.54, 1.807) is 0 Å². The molecule has 0 aliphatic carbocycles. The van der Waals surface area contributed by atoms with Crippen molar-refractivity contribution in [3.63, 3.8) is 0 Å². The van der Waals surface area contributed by atoms with Gasteiger partial charge in [-0.2, -0.15) is 0 Å². The minimum absolute atomic E-state index is 0.192. The fraction of sp³-hybridized carbons (Fsp3) is 0.118. The van der Waals surface area contributed by atoms with Gasteiger partial charge in [0, 0.05) is 34.1 Å². The number of rotatable bonds is 5. The van der Waals surface area contributed by atoms with Crippen LogP contribution in [0, 0.1) is 0 Å². The highest BCUT2D eigenvalue weighted by Gasteiger charge is 2.43. The molecule has 0 N–H and O–H groups in total. The van der Waals surface area contributed by atoms with E-state index in [9.17, 15) is 0 Å². The zero-order valence-electron chi connectivity index (χ0n) is 21.1. The zero-order valence-corrected chi connectivity index (χ0v) is 21.1. The van der Waals surface area contributed by atoms with E-state index in [0.29, 0.717) is 0 Å². The highest BCUT2D eigenvalue weighted by atomic mass is 15.2. The van der Waals surface area contributed by atoms with E-state index in [1.807, 2.05) is 0 Å². The van der Waals surface area contributed by atoms with Crippen molar-refractivity contribution >= 4 is 57.2 Å². The van der Waals surface area contributed by atoms with Gasteiger partial charge in [0.25, 0.3) is 6.71 Å². The molecular formula is C34H29BN2. The fourth-order valence-electron chi connectivity index (χ4n) is 6.19. The molecule has 0 saturated carbocycles. The summed E-state index contributed by atoms with van der Waals surface area (Å²) in [6.07, 6.45) is 3.45. The van der Waals surface area contributed by atoms with Gasteiger partial charge in [0.05, 0.1) is 0 Å². The summed E-state index contributed by atoms with van der Waals surface area (Å²) >= 11 is 0. The average Bonchev–Trinajstić information content (AvgIpc) is 2.96. The second-order valence-electron chi connectivity index (χ2n) is 10.0. The van der Waals surface area contributed by atoms with Crippen molar-refractivity contribution in [2.45, 2.75) is 26.2 Å². The van der Waals surface area contributed by atoms with Crippen molar-refractivity contribution in [3.05, 3.63) is 127 Å². The van der Waals surface area contributed by atoms with Crippen LogP contribution in [0.4, 0.5) is 34.1 Å². The first-order valence-corrected chi connectivity index (χ1v) is 13.4. The van der Waals surface area contributed by atoms with Gasteiger partial charge in [-0.25, -0.2) is 0 Å². The first-order chi connectivity index (χ1) is 18.3. The normalized spacial score (nSPS) is 13.2. The van der Waals surface area contributed by atoms with Crippen molar-refractivity contribution in [1.82, 2.24) is 0 Å². The van der Waals surface area contributed by atoms with Crippen molar-refractivity contribution in [2.24, 2.45) is 0 Å². The lowest BCUT2D eigenvalue weighted by molar-refractivity contribution is 0.795. The van der Waals surface area contributed by atoms with E-state index in [-0.39, 0.29) is 6.71 Å². The molecule has 2 nitrogen and oxygen atoms in total. The average molecular weight is 476 g/mol. The standard InChI is InChI=1S/C34H29BN2/c1-2-3-14-25-23-32-34-33(24-25)37(27-17-8-5-9-18-27)31-22-13-11-20-29(31)35(34)28-19-10-12-21-30(28)36(32)26-15-6-4-7-16-26/h4-13,15-24H,2-3,14H2,1H3. The van der Waals surface area contributed by atoms with Gasteiger partial charge in [0.2, 0.25) is 0 Å². The molecule has 0 radical (unpaired) electrons. The van der Waals surface area contributed by atoms with Crippen LogP contribution in [0.3, 0.4) is 0 Å². The Kier molecular flexibility index (Phi) is 5.36. The van der Waals surface area contributed by atoms with E-state index in [1.165, 1.54) is 68.9 Å². The van der Waals surface area contributed by atoms with Gasteiger partial charge < -0.3 is 9.80 Å². The lowest BCUT2D eigenvalue weighted by Crippen LogP contribution is -2.61. The number of hydrogen-bond donors (Lipinski definition) is 0. The minimum atomic E-state index is 0.192. The number of fused-ring (bicyclic) bond motifs is 4. The van der Waals surface area contributed by atoms with Crippen LogP contribution in [0.2, 0.25) is 0 Å². The number of unbranched alkanes of at least 4 members (excludes halogenated alkanes) is 1. The van der Waals surface area contributed by atoms with E-state index >= 15 is 0 Å². The van der Waals surface area contributed by atoms with Gasteiger partial charge in [-0.15, -0.1) is 0 Å². The van der Waals surface area contributed by atoms with Crippen LogP contribution in [0.25, 0.3) is 0 Å². The number of para-hydroxylation sites is 4. The monoisotopic (exact) mass is 476 g/mol. The van der Waals surface area contributed by atoms with Crippen molar-refractivity contribution in [3.8, 4) is 0 Å². The number of anilines is 6. The molecule has 2 aliphatic heterocycles. The predicted molar refractivity (Wildman–Crippen MR) is 159 cm³/mol. The van der Waals surface area contributed by atoms with Gasteiger partial charge in [-0.3, -0.25) is 0 Å². The summed E-state index contributed by atoms with van der Waals surface area (Å²) in [6, 6.07) is 44.6. The minimum Gasteiger partial charge on any atom is -0.311 e. The Morgan fingerprint density at radius 2 is 1.00 bits per heavy atom. The Labute approximate surface area is 219 Å². The molecule has 0 bridgehead atoms. The molecule has 37 heavy (non-hydrogen) atoms. The maximum absolute atomic E-state index is 2.48. The lowest BCUT2D eigenvalue weighted by atomic mass is 9.33. The third-order valence-corrected chi connectivity index (χ3v) is 7.79. The number of benzene rings is 5. The molecule has 0 atom stereocenters. The van der Waals surface area contributed by atoms with Crippen LogP contribution in [0.5, 0.6) is 0 Å². The molecule has 2 aliphatic rings. The van der Waals surface area contributed by atoms with E-state index in [0.717, 1.165) is 6.42 Å². The second-order valence-corrected chi connectivity index (χ2v) is 10.0. The molecule has 178 valence electrons. The van der Waals surface area contributed by atoms with E-state index < -0.39 is 0 Å². The lowest BCUT2D eigenvalue weighted by Gasteiger charge is -2.44. The molecule has 0 aromatic heterocycles. The summed E-state index contributed by atoms with van der Waals surface area (Å²) in [6.45, 7) is 2.47. The fourth-order valence-corrected chi connectivity index (χ4v) is 6.19. The van der Waals surface area contributed by atoms with Gasteiger partial charge in [-0.1, -0.05) is 86.1 Å². The molecular weight excluding hydrogens is 447 g/mol. The Bertz CT molecular complexity index is 1470. The Balaban J connectivity index is 1.58. The molecule has 2 heterocycles. The largest absolute Gasteiger partial charge is 0.311 e. The van der Waals surface area contributed by atoms with Crippen LogP contribution < -0.4 is 26.2 Å². The molecule has 5 aromatic rings. The van der Waals surface area contributed by atoms with Crippen LogP contribution >= 0.6 is 0 Å². The first kappa shape index (κ1) is 22.0. The predicted octanol–water partition coefficient (Wildman–Crippen LogP) is 7.11. The summed E-state index contributed by atoms with van der Waals surface area (Å²) in [5.41, 5.74) is 13.1. The summed E-state index contributed by atoms with van der Waals surface area (Å²) in [4.78, 5) is 4.97. The van der Waals surface area contributed by atoms with E-state index in [2.05, 4.69) is 138 Å². The number of aryl methyl sites for hydroxylation is 1. The van der Waals surface area contributed by atoms with Crippen molar-refractivity contribution < 1.29 is 0 Å².